The number of non-ortho nitro benzene ring substituents is 1. The Labute approximate surface area is 173 Å². The highest BCUT2D eigenvalue weighted by Crippen LogP contribution is 2.32. The Hall–Kier alpha value is -3.57. The fourth-order valence-corrected chi connectivity index (χ4v) is 3.80. The molecule has 0 saturated heterocycles. The van der Waals surface area contributed by atoms with E-state index in [1.54, 1.807) is 19.9 Å². The van der Waals surface area contributed by atoms with Gasteiger partial charge in [-0.1, -0.05) is 6.07 Å². The second kappa shape index (κ2) is 7.29. The van der Waals surface area contributed by atoms with E-state index in [1.165, 1.54) is 17.0 Å². The summed E-state index contributed by atoms with van der Waals surface area (Å²) >= 11 is 0. The molecule has 0 atom stereocenters. The lowest BCUT2D eigenvalue weighted by Gasteiger charge is -2.18. The molecule has 162 valence electrons. The van der Waals surface area contributed by atoms with Gasteiger partial charge in [0.15, 0.2) is 0 Å². The number of alkyl halides is 3. The van der Waals surface area contributed by atoms with Crippen LogP contribution in [0.2, 0.25) is 0 Å². The van der Waals surface area contributed by atoms with Crippen LogP contribution in [0.5, 0.6) is 0 Å². The lowest BCUT2D eigenvalue weighted by atomic mass is 10.1. The zero-order valence-electron chi connectivity index (χ0n) is 16.6. The normalized spacial score (nSPS) is 13.6. The average Bonchev–Trinajstić information content (AvgIpc) is 3.31. The number of halogens is 3. The molecule has 0 bridgehead atoms. The van der Waals surface area contributed by atoms with Crippen molar-refractivity contribution in [2.45, 2.75) is 39.3 Å². The Balaban J connectivity index is 1.57. The number of nitro groups is 1. The SMILES string of the molecule is Cc1nc2nc(C(F)(F)F)nn2c(C)c1CCC(=O)N1CCc2ccc([N+](=O)[O-])cc21. The van der Waals surface area contributed by atoms with Gasteiger partial charge in [-0.25, -0.2) is 9.50 Å². The van der Waals surface area contributed by atoms with Crippen LogP contribution >= 0.6 is 0 Å². The van der Waals surface area contributed by atoms with Crippen LogP contribution in [0.4, 0.5) is 24.5 Å². The predicted octanol–water partition coefficient (Wildman–Crippen LogP) is 3.19. The highest BCUT2D eigenvalue weighted by molar-refractivity contribution is 5.96. The van der Waals surface area contributed by atoms with Crippen LogP contribution in [0.15, 0.2) is 18.2 Å². The molecule has 12 heteroatoms. The molecule has 0 spiro atoms. The molecule has 1 aliphatic rings. The number of rotatable bonds is 4. The van der Waals surface area contributed by atoms with Crippen molar-refractivity contribution in [2.24, 2.45) is 0 Å². The first-order valence-corrected chi connectivity index (χ1v) is 9.44. The van der Waals surface area contributed by atoms with Gasteiger partial charge in [0.05, 0.1) is 10.6 Å². The van der Waals surface area contributed by atoms with Crippen LogP contribution in [0.25, 0.3) is 5.78 Å². The molecule has 1 aliphatic heterocycles. The van der Waals surface area contributed by atoms with Crippen LogP contribution < -0.4 is 4.90 Å². The summed E-state index contributed by atoms with van der Waals surface area (Å²) in [5.41, 5.74) is 2.79. The Morgan fingerprint density at radius 2 is 2.00 bits per heavy atom. The fraction of sp³-hybridized carbons (Fsp3) is 0.368. The van der Waals surface area contributed by atoms with Crippen LogP contribution in [0, 0.1) is 24.0 Å². The maximum atomic E-state index is 12.9. The van der Waals surface area contributed by atoms with Crippen LogP contribution in [-0.4, -0.2) is 37.0 Å². The number of anilines is 1. The van der Waals surface area contributed by atoms with E-state index in [-0.39, 0.29) is 30.2 Å². The second-order valence-electron chi connectivity index (χ2n) is 7.27. The lowest BCUT2D eigenvalue weighted by molar-refractivity contribution is -0.384. The first-order chi connectivity index (χ1) is 14.6. The van der Waals surface area contributed by atoms with Gasteiger partial charge in [0.1, 0.15) is 0 Å². The summed E-state index contributed by atoms with van der Waals surface area (Å²) in [6.45, 7) is 3.66. The highest BCUT2D eigenvalue weighted by Gasteiger charge is 2.37. The molecule has 1 aromatic carbocycles. The number of nitro benzene ring substituents is 1. The number of fused-ring (bicyclic) bond motifs is 2. The van der Waals surface area contributed by atoms with Crippen LogP contribution in [0.1, 0.15) is 34.8 Å². The van der Waals surface area contributed by atoms with Crippen molar-refractivity contribution < 1.29 is 22.9 Å². The number of carbonyl (C=O) groups excluding carboxylic acids is 1. The Morgan fingerprint density at radius 3 is 2.68 bits per heavy atom. The summed E-state index contributed by atoms with van der Waals surface area (Å²) < 4.78 is 39.8. The summed E-state index contributed by atoms with van der Waals surface area (Å²) in [7, 11) is 0. The molecular weight excluding hydrogens is 417 g/mol. The molecule has 1 amide bonds. The van der Waals surface area contributed by atoms with Crippen molar-refractivity contribution >= 4 is 23.1 Å². The van der Waals surface area contributed by atoms with E-state index in [1.807, 2.05) is 0 Å². The minimum Gasteiger partial charge on any atom is -0.312 e. The van der Waals surface area contributed by atoms with Gasteiger partial charge in [0.25, 0.3) is 17.3 Å². The molecule has 0 aliphatic carbocycles. The zero-order chi connectivity index (χ0) is 22.5. The Bertz CT molecular complexity index is 1220. The largest absolute Gasteiger partial charge is 0.453 e. The van der Waals surface area contributed by atoms with Gasteiger partial charge in [-0.3, -0.25) is 14.9 Å². The first kappa shape index (κ1) is 20.7. The molecule has 0 radical (unpaired) electrons. The molecule has 4 rings (SSSR count). The number of aromatic nitrogens is 4. The van der Waals surface area contributed by atoms with Crippen LogP contribution in [0.3, 0.4) is 0 Å². The molecule has 2 aromatic heterocycles. The van der Waals surface area contributed by atoms with Gasteiger partial charge in [-0.2, -0.15) is 18.2 Å². The summed E-state index contributed by atoms with van der Waals surface area (Å²) in [6.07, 6.45) is -3.78. The quantitative estimate of drug-likeness (QED) is 0.461. The highest BCUT2D eigenvalue weighted by atomic mass is 19.4. The number of hydrogen-bond donors (Lipinski definition) is 0. The summed E-state index contributed by atoms with van der Waals surface area (Å²) in [6, 6.07) is 4.45. The van der Waals surface area contributed by atoms with Crippen molar-refractivity contribution in [3.8, 4) is 0 Å². The molecule has 0 N–H and O–H groups in total. The van der Waals surface area contributed by atoms with Crippen molar-refractivity contribution in [3.05, 3.63) is 56.7 Å². The summed E-state index contributed by atoms with van der Waals surface area (Å²) in [5, 5.41) is 14.5. The topological polar surface area (TPSA) is 107 Å². The van der Waals surface area contributed by atoms with E-state index in [4.69, 9.17) is 0 Å². The lowest BCUT2D eigenvalue weighted by Crippen LogP contribution is -2.29. The van der Waals surface area contributed by atoms with E-state index < -0.39 is 16.9 Å². The number of hydrogen-bond acceptors (Lipinski definition) is 6. The molecule has 3 aromatic rings. The standard InChI is InChI=1S/C19H17F3N6O3/c1-10-14(11(2)27-18(23-10)24-17(25-27)19(20,21)22)5-6-16(29)26-8-7-12-3-4-13(28(30)31)9-15(12)26/h3-4,9H,5-8H2,1-2H3. The minimum absolute atomic E-state index is 0.0673. The van der Waals surface area contributed by atoms with Gasteiger partial charge in [0.2, 0.25) is 5.91 Å². The Morgan fingerprint density at radius 1 is 1.26 bits per heavy atom. The van der Waals surface area contributed by atoms with Crippen LogP contribution in [-0.2, 0) is 23.8 Å². The van der Waals surface area contributed by atoms with Crippen molar-refractivity contribution in [1.29, 1.82) is 0 Å². The number of aryl methyl sites for hydroxylation is 2. The molecule has 3 heterocycles. The van der Waals surface area contributed by atoms with Gasteiger partial charge in [0, 0.05) is 36.5 Å². The molecule has 9 nitrogen and oxygen atoms in total. The molecule has 0 saturated carbocycles. The third-order valence-electron chi connectivity index (χ3n) is 5.37. The molecule has 0 unspecified atom stereocenters. The minimum atomic E-state index is -4.68. The maximum absolute atomic E-state index is 12.9. The molecular formula is C19H17F3N6O3. The third-order valence-corrected chi connectivity index (χ3v) is 5.37. The van der Waals surface area contributed by atoms with Gasteiger partial charge < -0.3 is 4.90 Å². The van der Waals surface area contributed by atoms with Crippen molar-refractivity contribution in [1.82, 2.24) is 19.6 Å². The first-order valence-electron chi connectivity index (χ1n) is 9.44. The van der Waals surface area contributed by atoms with Gasteiger partial charge >= 0.3 is 6.18 Å². The zero-order valence-corrected chi connectivity index (χ0v) is 16.6. The van der Waals surface area contributed by atoms with E-state index in [2.05, 4.69) is 15.1 Å². The van der Waals surface area contributed by atoms with E-state index in [9.17, 15) is 28.1 Å². The maximum Gasteiger partial charge on any atom is 0.453 e. The number of nitrogens with zero attached hydrogens (tertiary/aromatic N) is 6. The van der Waals surface area contributed by atoms with E-state index in [0.29, 0.717) is 35.6 Å². The van der Waals surface area contributed by atoms with Gasteiger partial charge in [-0.05, 0) is 37.8 Å². The second-order valence-corrected chi connectivity index (χ2v) is 7.27. The number of benzene rings is 1. The smallest absolute Gasteiger partial charge is 0.312 e. The van der Waals surface area contributed by atoms with Crippen molar-refractivity contribution in [3.63, 3.8) is 0 Å². The molecule has 0 fully saturated rings. The van der Waals surface area contributed by atoms with E-state index >= 15 is 0 Å². The summed E-state index contributed by atoms with van der Waals surface area (Å²) in [4.78, 5) is 32.4. The average molecular weight is 434 g/mol. The predicted molar refractivity (Wildman–Crippen MR) is 103 cm³/mol. The molecule has 31 heavy (non-hydrogen) atoms. The monoisotopic (exact) mass is 434 g/mol. The van der Waals surface area contributed by atoms with E-state index in [0.717, 1.165) is 10.1 Å². The number of amides is 1. The third kappa shape index (κ3) is 3.68. The fourth-order valence-electron chi connectivity index (χ4n) is 3.80. The van der Waals surface area contributed by atoms with Gasteiger partial charge in [-0.15, -0.1) is 5.10 Å². The van der Waals surface area contributed by atoms with Crippen molar-refractivity contribution in [2.75, 3.05) is 11.4 Å². The number of carbonyl (C=O) groups is 1. The Kier molecular flexibility index (Phi) is 4.86. The summed E-state index contributed by atoms with van der Waals surface area (Å²) in [5.74, 6) is -1.66.